The van der Waals surface area contributed by atoms with E-state index in [2.05, 4.69) is 15.6 Å². The fourth-order valence-corrected chi connectivity index (χ4v) is 2.82. The topological polar surface area (TPSA) is 107 Å². The number of rotatable bonds is 10. The molecule has 2 rings (SSSR count). The first-order valence-electron chi connectivity index (χ1n) is 8.28. The van der Waals surface area contributed by atoms with Crippen molar-refractivity contribution in [3.8, 4) is 11.6 Å². The van der Waals surface area contributed by atoms with E-state index in [1.165, 1.54) is 12.1 Å². The lowest BCUT2D eigenvalue weighted by Crippen LogP contribution is -2.34. The van der Waals surface area contributed by atoms with Gasteiger partial charge in [0.25, 0.3) is 0 Å². The Balaban J connectivity index is 2.01. The number of sulfone groups is 1. The largest absolute Gasteiger partial charge is 0.439 e. The number of methoxy groups -OCH3 is 1. The van der Waals surface area contributed by atoms with Crippen molar-refractivity contribution in [3.05, 3.63) is 48.2 Å². The number of nitrogens with one attached hydrogen (secondary N) is 2. The van der Waals surface area contributed by atoms with Crippen LogP contribution in [0.1, 0.15) is 5.56 Å². The number of aromatic nitrogens is 1. The van der Waals surface area contributed by atoms with Gasteiger partial charge >= 0.3 is 0 Å². The van der Waals surface area contributed by atoms with Gasteiger partial charge in [0.2, 0.25) is 11.8 Å². The van der Waals surface area contributed by atoms with Crippen LogP contribution in [-0.2, 0) is 25.9 Å². The summed E-state index contributed by atoms with van der Waals surface area (Å²) in [5.41, 5.74) is 0.674. The maximum Gasteiger partial charge on any atom is 0.234 e. The van der Waals surface area contributed by atoms with Gasteiger partial charge < -0.3 is 20.1 Å². The molecule has 0 aliphatic heterocycles. The van der Waals surface area contributed by atoms with Crippen LogP contribution in [0, 0.1) is 0 Å². The molecule has 0 fully saturated rings. The number of nitrogens with zero attached hydrogens (tertiary/aromatic N) is 1. The third kappa shape index (κ3) is 6.97. The first-order chi connectivity index (χ1) is 12.9. The molecule has 0 spiro atoms. The van der Waals surface area contributed by atoms with E-state index >= 15 is 0 Å². The van der Waals surface area contributed by atoms with Crippen molar-refractivity contribution in [2.24, 2.45) is 0 Å². The molecule has 146 valence electrons. The molecular formula is C18H23N3O5S. The highest BCUT2D eigenvalue weighted by atomic mass is 32.2. The molecule has 8 nitrogen and oxygen atoms in total. The predicted molar refractivity (Wildman–Crippen MR) is 100 cm³/mol. The van der Waals surface area contributed by atoms with E-state index in [4.69, 9.17) is 9.47 Å². The lowest BCUT2D eigenvalue weighted by molar-refractivity contribution is -0.120. The number of hydrogen-bond acceptors (Lipinski definition) is 7. The molecule has 2 N–H and O–H groups in total. The third-order valence-electron chi connectivity index (χ3n) is 3.54. The number of carbonyl (C=O) groups excluding carboxylic acids is 1. The van der Waals surface area contributed by atoms with Crippen molar-refractivity contribution in [2.45, 2.75) is 11.4 Å². The van der Waals surface area contributed by atoms with Gasteiger partial charge in [-0.3, -0.25) is 4.79 Å². The lowest BCUT2D eigenvalue weighted by Gasteiger charge is -2.11. The minimum Gasteiger partial charge on any atom is -0.439 e. The molecule has 0 unspecified atom stereocenters. The molecule has 9 heteroatoms. The van der Waals surface area contributed by atoms with Crippen molar-refractivity contribution in [1.29, 1.82) is 0 Å². The van der Waals surface area contributed by atoms with Crippen LogP contribution >= 0.6 is 0 Å². The molecule has 1 aromatic carbocycles. The van der Waals surface area contributed by atoms with Crippen molar-refractivity contribution >= 4 is 15.7 Å². The molecule has 1 aromatic heterocycles. The predicted octanol–water partition coefficient (Wildman–Crippen LogP) is 1.13. The highest BCUT2D eigenvalue weighted by Crippen LogP contribution is 2.25. The molecular weight excluding hydrogens is 370 g/mol. The summed E-state index contributed by atoms with van der Waals surface area (Å²) in [5.74, 6) is 0.487. The second kappa shape index (κ2) is 10.0. The van der Waals surface area contributed by atoms with Crippen LogP contribution in [0.4, 0.5) is 0 Å². The van der Waals surface area contributed by atoms with Crippen LogP contribution < -0.4 is 15.4 Å². The van der Waals surface area contributed by atoms with E-state index < -0.39 is 9.84 Å². The van der Waals surface area contributed by atoms with Crippen molar-refractivity contribution in [3.63, 3.8) is 0 Å². The van der Waals surface area contributed by atoms with Gasteiger partial charge in [-0.05, 0) is 24.3 Å². The number of benzene rings is 1. The number of pyridine rings is 1. The number of amides is 1. The first-order valence-corrected chi connectivity index (χ1v) is 10.2. The highest BCUT2D eigenvalue weighted by Gasteiger charge is 2.11. The van der Waals surface area contributed by atoms with Crippen LogP contribution in [0.15, 0.2) is 47.5 Å². The monoisotopic (exact) mass is 393 g/mol. The van der Waals surface area contributed by atoms with Gasteiger partial charge in [-0.2, -0.15) is 0 Å². The first kappa shape index (κ1) is 20.8. The Hall–Kier alpha value is -2.49. The number of hydrogen-bond donors (Lipinski definition) is 2. The third-order valence-corrected chi connectivity index (χ3v) is 4.65. The minimum atomic E-state index is -3.34. The molecule has 0 atom stereocenters. The fourth-order valence-electron chi connectivity index (χ4n) is 2.16. The number of ether oxygens (including phenoxy) is 2. The molecule has 0 radical (unpaired) electrons. The van der Waals surface area contributed by atoms with E-state index in [9.17, 15) is 13.2 Å². The molecule has 1 amide bonds. The summed E-state index contributed by atoms with van der Waals surface area (Å²) in [6.45, 7) is 1.53. The average Bonchev–Trinajstić information content (AvgIpc) is 2.64. The Labute approximate surface area is 158 Å². The smallest absolute Gasteiger partial charge is 0.234 e. The van der Waals surface area contributed by atoms with E-state index in [1.807, 2.05) is 0 Å². The zero-order chi connectivity index (χ0) is 19.7. The Bertz CT molecular complexity index is 871. The van der Waals surface area contributed by atoms with E-state index in [-0.39, 0.29) is 23.9 Å². The van der Waals surface area contributed by atoms with Crippen LogP contribution in [0.25, 0.3) is 0 Å². The molecule has 2 aromatic rings. The maximum absolute atomic E-state index is 11.9. The van der Waals surface area contributed by atoms with Crippen LogP contribution in [-0.4, -0.2) is 52.4 Å². The second-order valence-electron chi connectivity index (χ2n) is 5.76. The summed E-state index contributed by atoms with van der Waals surface area (Å²) < 4.78 is 34.0. The summed E-state index contributed by atoms with van der Waals surface area (Å²) in [5, 5.41) is 5.74. The van der Waals surface area contributed by atoms with Gasteiger partial charge in [-0.25, -0.2) is 13.4 Å². The molecule has 0 saturated heterocycles. The summed E-state index contributed by atoms with van der Waals surface area (Å²) >= 11 is 0. The van der Waals surface area contributed by atoms with E-state index in [0.29, 0.717) is 30.3 Å². The molecule has 0 aliphatic rings. The van der Waals surface area contributed by atoms with Crippen molar-refractivity contribution in [1.82, 2.24) is 15.6 Å². The van der Waals surface area contributed by atoms with E-state index in [0.717, 1.165) is 6.26 Å². The molecule has 0 saturated carbocycles. The Kier molecular flexibility index (Phi) is 7.71. The Morgan fingerprint density at radius 1 is 1.22 bits per heavy atom. The summed E-state index contributed by atoms with van der Waals surface area (Å²) in [4.78, 5) is 16.2. The lowest BCUT2D eigenvalue weighted by atomic mass is 10.2. The van der Waals surface area contributed by atoms with Crippen molar-refractivity contribution < 1.29 is 22.7 Å². The van der Waals surface area contributed by atoms with Gasteiger partial charge in [0.05, 0.1) is 18.0 Å². The Morgan fingerprint density at radius 3 is 2.78 bits per heavy atom. The Morgan fingerprint density at radius 2 is 2.04 bits per heavy atom. The standard InChI is InChI=1S/C18H23N3O5S/c1-25-10-9-19-13-17(22)21-12-14-5-4-8-20-18(14)26-15-6-3-7-16(11-15)27(2,23)24/h3-8,11,19H,9-10,12-13H2,1-2H3,(H,21,22). The fraction of sp³-hybridized carbons (Fsp3) is 0.333. The molecule has 0 bridgehead atoms. The van der Waals surface area contributed by atoms with Gasteiger partial charge in [0.1, 0.15) is 5.75 Å². The second-order valence-corrected chi connectivity index (χ2v) is 7.78. The van der Waals surface area contributed by atoms with Gasteiger partial charge in [0.15, 0.2) is 9.84 Å². The summed E-state index contributed by atoms with van der Waals surface area (Å²) in [6.07, 6.45) is 2.70. The SMILES string of the molecule is COCCNCC(=O)NCc1cccnc1Oc1cccc(S(C)(=O)=O)c1. The molecule has 0 aliphatic carbocycles. The van der Waals surface area contributed by atoms with Crippen LogP contribution in [0.2, 0.25) is 0 Å². The van der Waals surface area contributed by atoms with Gasteiger partial charge in [-0.15, -0.1) is 0 Å². The van der Waals surface area contributed by atoms with Crippen LogP contribution in [0.3, 0.4) is 0 Å². The quantitative estimate of drug-likeness (QED) is 0.583. The normalized spacial score (nSPS) is 11.2. The molecule has 27 heavy (non-hydrogen) atoms. The van der Waals surface area contributed by atoms with E-state index in [1.54, 1.807) is 37.6 Å². The number of carbonyl (C=O) groups is 1. The zero-order valence-electron chi connectivity index (χ0n) is 15.3. The van der Waals surface area contributed by atoms with Gasteiger partial charge in [0, 0.05) is 38.2 Å². The summed E-state index contributed by atoms with van der Waals surface area (Å²) in [6, 6.07) is 9.69. The zero-order valence-corrected chi connectivity index (χ0v) is 16.1. The minimum absolute atomic E-state index is 0.160. The maximum atomic E-state index is 11.9. The highest BCUT2D eigenvalue weighted by molar-refractivity contribution is 7.90. The van der Waals surface area contributed by atoms with Crippen LogP contribution in [0.5, 0.6) is 11.6 Å². The average molecular weight is 393 g/mol. The van der Waals surface area contributed by atoms with Crippen molar-refractivity contribution in [2.75, 3.05) is 33.1 Å². The molecule has 1 heterocycles. The summed E-state index contributed by atoms with van der Waals surface area (Å²) in [7, 11) is -1.74. The van der Waals surface area contributed by atoms with Gasteiger partial charge in [-0.1, -0.05) is 12.1 Å².